The minimum Gasteiger partial charge on any atom is -0.480 e. The van der Waals surface area contributed by atoms with Crippen molar-refractivity contribution in [3.8, 4) is 6.07 Å². The Kier molecular flexibility index (Phi) is 5.70. The highest BCUT2D eigenvalue weighted by Crippen LogP contribution is 2.04. The Morgan fingerprint density at radius 2 is 1.81 bits per heavy atom. The molecular formula is C13H13N3O5. The highest BCUT2D eigenvalue weighted by Gasteiger charge is 2.19. The molecule has 0 spiro atoms. The smallest absolute Gasteiger partial charge is 0.323 e. The predicted octanol–water partition coefficient (Wildman–Crippen LogP) is 0.239. The summed E-state index contributed by atoms with van der Waals surface area (Å²) in [4.78, 5) is 33.6. The molecule has 0 aliphatic rings. The van der Waals surface area contributed by atoms with Gasteiger partial charge >= 0.3 is 18.0 Å². The first-order valence-electron chi connectivity index (χ1n) is 5.87. The van der Waals surface area contributed by atoms with Gasteiger partial charge in [-0.1, -0.05) is 12.1 Å². The van der Waals surface area contributed by atoms with E-state index in [1.54, 1.807) is 24.3 Å². The van der Waals surface area contributed by atoms with Gasteiger partial charge in [0.1, 0.15) is 13.1 Å². The van der Waals surface area contributed by atoms with Crippen LogP contribution in [0.2, 0.25) is 0 Å². The standard InChI is InChI=1S/C13H13N3O5/c14-5-9-2-1-3-10(4-9)6-15-13(21)16(7-11(17)18)8-12(19)20/h1-4H,6-8H2,(H,15,21)(H,17,18)(H,19,20). The number of nitrogens with zero attached hydrogens (tertiary/aromatic N) is 2. The van der Waals surface area contributed by atoms with Crippen LogP contribution in [0.15, 0.2) is 24.3 Å². The fraction of sp³-hybridized carbons (Fsp3) is 0.231. The van der Waals surface area contributed by atoms with Gasteiger partial charge in [-0.05, 0) is 17.7 Å². The van der Waals surface area contributed by atoms with E-state index >= 15 is 0 Å². The van der Waals surface area contributed by atoms with Crippen LogP contribution in [0, 0.1) is 11.3 Å². The van der Waals surface area contributed by atoms with E-state index < -0.39 is 31.1 Å². The Hall–Kier alpha value is -3.08. The molecule has 110 valence electrons. The van der Waals surface area contributed by atoms with E-state index in [4.69, 9.17) is 15.5 Å². The van der Waals surface area contributed by atoms with Gasteiger partial charge in [-0.15, -0.1) is 0 Å². The first-order valence-corrected chi connectivity index (χ1v) is 5.87. The van der Waals surface area contributed by atoms with E-state index in [1.165, 1.54) is 0 Å². The number of amides is 2. The number of nitrogens with one attached hydrogen (secondary N) is 1. The molecule has 0 bridgehead atoms. The van der Waals surface area contributed by atoms with Crippen LogP contribution in [0.5, 0.6) is 0 Å². The molecule has 1 aromatic rings. The minimum absolute atomic E-state index is 0.0596. The van der Waals surface area contributed by atoms with Crippen molar-refractivity contribution in [1.29, 1.82) is 5.26 Å². The Morgan fingerprint density at radius 3 is 2.33 bits per heavy atom. The molecular weight excluding hydrogens is 278 g/mol. The molecule has 2 amide bonds. The van der Waals surface area contributed by atoms with Crippen LogP contribution in [0.4, 0.5) is 4.79 Å². The van der Waals surface area contributed by atoms with E-state index in [1.807, 2.05) is 6.07 Å². The van der Waals surface area contributed by atoms with Crippen molar-refractivity contribution in [3.63, 3.8) is 0 Å². The molecule has 0 unspecified atom stereocenters. The zero-order valence-corrected chi connectivity index (χ0v) is 10.9. The number of carbonyl (C=O) groups is 3. The highest BCUT2D eigenvalue weighted by atomic mass is 16.4. The Labute approximate surface area is 120 Å². The second-order valence-corrected chi connectivity index (χ2v) is 4.11. The van der Waals surface area contributed by atoms with Crippen LogP contribution < -0.4 is 5.32 Å². The molecule has 8 heteroatoms. The molecule has 0 saturated carbocycles. The molecule has 1 aromatic carbocycles. The largest absolute Gasteiger partial charge is 0.480 e. The zero-order valence-electron chi connectivity index (χ0n) is 10.9. The number of carboxylic acids is 2. The van der Waals surface area contributed by atoms with Gasteiger partial charge in [0.15, 0.2) is 0 Å². The van der Waals surface area contributed by atoms with Crippen molar-refractivity contribution < 1.29 is 24.6 Å². The predicted molar refractivity (Wildman–Crippen MR) is 70.2 cm³/mol. The maximum atomic E-state index is 11.8. The van der Waals surface area contributed by atoms with Gasteiger partial charge in [0.25, 0.3) is 0 Å². The summed E-state index contributed by atoms with van der Waals surface area (Å²) in [5.41, 5.74) is 1.07. The maximum absolute atomic E-state index is 11.8. The third-order valence-corrected chi connectivity index (χ3v) is 2.44. The Balaban J connectivity index is 2.66. The van der Waals surface area contributed by atoms with Gasteiger partial charge in [0.05, 0.1) is 11.6 Å². The second-order valence-electron chi connectivity index (χ2n) is 4.11. The molecule has 0 radical (unpaired) electrons. The third kappa shape index (κ3) is 5.61. The summed E-state index contributed by atoms with van der Waals surface area (Å²) in [6.45, 7) is -1.36. The summed E-state index contributed by atoms with van der Waals surface area (Å²) in [7, 11) is 0. The number of aliphatic carboxylic acids is 2. The van der Waals surface area contributed by atoms with Gasteiger partial charge < -0.3 is 20.4 Å². The number of rotatable bonds is 6. The van der Waals surface area contributed by atoms with Crippen LogP contribution in [0.25, 0.3) is 0 Å². The molecule has 0 heterocycles. The number of urea groups is 1. The summed E-state index contributed by atoms with van der Waals surface area (Å²) in [5, 5.41) is 28.5. The normalized spacial score (nSPS) is 9.48. The monoisotopic (exact) mass is 291 g/mol. The average Bonchev–Trinajstić information content (AvgIpc) is 2.43. The Bertz CT molecular complexity index is 578. The molecule has 0 aliphatic carbocycles. The molecule has 0 fully saturated rings. The summed E-state index contributed by atoms with van der Waals surface area (Å²) >= 11 is 0. The van der Waals surface area contributed by atoms with Crippen molar-refractivity contribution in [2.24, 2.45) is 0 Å². The van der Waals surface area contributed by atoms with Crippen molar-refractivity contribution in [1.82, 2.24) is 10.2 Å². The SMILES string of the molecule is N#Cc1cccc(CNC(=O)N(CC(=O)O)CC(=O)O)c1. The van der Waals surface area contributed by atoms with E-state index in [9.17, 15) is 14.4 Å². The first kappa shape index (κ1) is 16.0. The van der Waals surface area contributed by atoms with Crippen molar-refractivity contribution in [3.05, 3.63) is 35.4 Å². The van der Waals surface area contributed by atoms with E-state index in [-0.39, 0.29) is 6.54 Å². The second kappa shape index (κ2) is 7.49. The number of hydrogen-bond donors (Lipinski definition) is 3. The quantitative estimate of drug-likeness (QED) is 0.688. The van der Waals surface area contributed by atoms with E-state index in [2.05, 4.69) is 5.32 Å². The first-order chi connectivity index (χ1) is 9.92. The van der Waals surface area contributed by atoms with Crippen molar-refractivity contribution in [2.75, 3.05) is 13.1 Å². The average molecular weight is 291 g/mol. The topological polar surface area (TPSA) is 131 Å². The number of carbonyl (C=O) groups excluding carboxylic acids is 1. The van der Waals surface area contributed by atoms with Crippen LogP contribution in [0.3, 0.4) is 0 Å². The van der Waals surface area contributed by atoms with Crippen LogP contribution in [0.1, 0.15) is 11.1 Å². The third-order valence-electron chi connectivity index (χ3n) is 2.44. The fourth-order valence-electron chi connectivity index (χ4n) is 1.57. The molecule has 21 heavy (non-hydrogen) atoms. The van der Waals surface area contributed by atoms with Crippen LogP contribution >= 0.6 is 0 Å². The van der Waals surface area contributed by atoms with Gasteiger partial charge in [-0.2, -0.15) is 5.26 Å². The number of carboxylic acid groups (broad SMARTS) is 2. The highest BCUT2D eigenvalue weighted by molar-refractivity contribution is 5.84. The van der Waals surface area contributed by atoms with Crippen LogP contribution in [-0.2, 0) is 16.1 Å². The maximum Gasteiger partial charge on any atom is 0.323 e. The van der Waals surface area contributed by atoms with Gasteiger partial charge in [0, 0.05) is 6.54 Å². The van der Waals surface area contributed by atoms with Gasteiger partial charge in [-0.25, -0.2) is 4.79 Å². The summed E-state index contributed by atoms with van der Waals surface area (Å²) in [5.74, 6) is -2.62. The molecule has 0 aliphatic heterocycles. The van der Waals surface area contributed by atoms with Gasteiger partial charge in [-0.3, -0.25) is 9.59 Å². The molecule has 0 aromatic heterocycles. The molecule has 1 rings (SSSR count). The lowest BCUT2D eigenvalue weighted by molar-refractivity contribution is -0.140. The van der Waals surface area contributed by atoms with Crippen molar-refractivity contribution >= 4 is 18.0 Å². The van der Waals surface area contributed by atoms with Gasteiger partial charge in [0.2, 0.25) is 0 Å². The molecule has 3 N–H and O–H groups in total. The number of nitriles is 1. The summed E-state index contributed by atoms with van der Waals surface area (Å²) in [6, 6.07) is 7.65. The summed E-state index contributed by atoms with van der Waals surface area (Å²) < 4.78 is 0. The number of hydrogen-bond acceptors (Lipinski definition) is 4. The Morgan fingerprint density at radius 1 is 1.19 bits per heavy atom. The minimum atomic E-state index is -1.31. The van der Waals surface area contributed by atoms with Crippen molar-refractivity contribution in [2.45, 2.75) is 6.54 Å². The fourth-order valence-corrected chi connectivity index (χ4v) is 1.57. The number of benzene rings is 1. The molecule has 0 saturated heterocycles. The van der Waals surface area contributed by atoms with E-state index in [0.717, 1.165) is 0 Å². The molecule has 8 nitrogen and oxygen atoms in total. The zero-order chi connectivity index (χ0) is 15.8. The molecule has 0 atom stereocenters. The lowest BCUT2D eigenvalue weighted by Crippen LogP contribution is -2.45. The lowest BCUT2D eigenvalue weighted by atomic mass is 10.1. The summed E-state index contributed by atoms with van der Waals surface area (Å²) in [6.07, 6.45) is 0. The van der Waals surface area contributed by atoms with E-state index in [0.29, 0.717) is 16.0 Å². The lowest BCUT2D eigenvalue weighted by Gasteiger charge is -2.19. The van der Waals surface area contributed by atoms with Crippen LogP contribution in [-0.4, -0.2) is 46.2 Å².